The predicted molar refractivity (Wildman–Crippen MR) is 91.1 cm³/mol. The number of benzene rings is 2. The molecule has 0 bridgehead atoms. The van der Waals surface area contributed by atoms with Gasteiger partial charge in [-0.25, -0.2) is 13.6 Å². The van der Waals surface area contributed by atoms with Crippen LogP contribution in [0.25, 0.3) is 11.0 Å². The Balaban J connectivity index is 1.74. The van der Waals surface area contributed by atoms with Crippen LogP contribution in [0.15, 0.2) is 58.0 Å². The minimum Gasteiger partial charge on any atom is -0.464 e. The van der Waals surface area contributed by atoms with Gasteiger partial charge in [0.15, 0.2) is 0 Å². The summed E-state index contributed by atoms with van der Waals surface area (Å²) in [4.78, 5) is 12.2. The molecule has 0 atom stereocenters. The molecule has 2 aromatic carbocycles. The van der Waals surface area contributed by atoms with Gasteiger partial charge in [0.05, 0.1) is 17.6 Å². The maximum Gasteiger partial charge on any atom is 0.238 e. The lowest BCUT2D eigenvalue weighted by Gasteiger charge is -2.05. The van der Waals surface area contributed by atoms with Gasteiger partial charge in [-0.15, -0.1) is 0 Å². The second-order valence-corrected chi connectivity index (χ2v) is 7.12. The zero-order valence-corrected chi connectivity index (χ0v) is 13.8. The van der Waals surface area contributed by atoms with Crippen LogP contribution in [-0.4, -0.2) is 14.3 Å². The highest BCUT2D eigenvalue weighted by Crippen LogP contribution is 2.23. The van der Waals surface area contributed by atoms with Gasteiger partial charge in [0.25, 0.3) is 0 Å². The van der Waals surface area contributed by atoms with Crippen molar-refractivity contribution in [2.45, 2.75) is 18.2 Å². The van der Waals surface area contributed by atoms with Crippen LogP contribution in [0.2, 0.25) is 0 Å². The van der Waals surface area contributed by atoms with Crippen LogP contribution < -0.4 is 10.5 Å². The lowest BCUT2D eigenvalue weighted by atomic mass is 10.1. The second-order valence-electron chi connectivity index (χ2n) is 5.55. The van der Waals surface area contributed by atoms with E-state index in [1.807, 2.05) is 25.1 Å². The Morgan fingerprint density at radius 1 is 1.17 bits per heavy atom. The summed E-state index contributed by atoms with van der Waals surface area (Å²) in [6.45, 7) is 1.98. The zero-order valence-electron chi connectivity index (χ0n) is 12.9. The summed E-state index contributed by atoms with van der Waals surface area (Å²) in [5.41, 5.74) is 3.12. The molecule has 0 saturated heterocycles. The first kappa shape index (κ1) is 16.2. The Morgan fingerprint density at radius 3 is 2.54 bits per heavy atom. The summed E-state index contributed by atoms with van der Waals surface area (Å²) in [5.74, 6) is -0.220. The molecule has 0 radical (unpaired) electrons. The van der Waals surface area contributed by atoms with Gasteiger partial charge >= 0.3 is 0 Å². The third-order valence-corrected chi connectivity index (χ3v) is 4.56. The van der Waals surface area contributed by atoms with E-state index in [9.17, 15) is 13.2 Å². The first-order valence-corrected chi connectivity index (χ1v) is 8.77. The number of amides is 1. The molecule has 24 heavy (non-hydrogen) atoms. The SMILES string of the molecule is Cc1ccc2occ(CC(=O)Nc3ccc(S(N)(=O)=O)cc3)c2c1. The van der Waals surface area contributed by atoms with E-state index >= 15 is 0 Å². The molecule has 3 rings (SSSR count). The summed E-state index contributed by atoms with van der Waals surface area (Å²) in [6, 6.07) is 11.5. The Labute approximate surface area is 139 Å². The van der Waals surface area contributed by atoms with E-state index in [0.717, 1.165) is 22.1 Å². The number of carbonyl (C=O) groups is 1. The summed E-state index contributed by atoms with van der Waals surface area (Å²) in [7, 11) is -3.74. The van der Waals surface area contributed by atoms with E-state index in [2.05, 4.69) is 5.32 Å². The number of hydrogen-bond donors (Lipinski definition) is 2. The number of sulfonamides is 1. The monoisotopic (exact) mass is 344 g/mol. The smallest absolute Gasteiger partial charge is 0.238 e. The molecule has 0 aliphatic heterocycles. The third-order valence-electron chi connectivity index (χ3n) is 3.63. The van der Waals surface area contributed by atoms with Crippen molar-refractivity contribution in [3.05, 3.63) is 59.9 Å². The van der Waals surface area contributed by atoms with Crippen molar-refractivity contribution in [3.63, 3.8) is 0 Å². The standard InChI is InChI=1S/C17H16N2O4S/c1-11-2-7-16-15(8-11)12(10-23-16)9-17(20)19-13-3-5-14(6-4-13)24(18,21)22/h2-8,10H,9H2,1H3,(H,19,20)(H2,18,21,22). The molecular weight excluding hydrogens is 328 g/mol. The number of nitrogens with one attached hydrogen (secondary N) is 1. The Morgan fingerprint density at radius 2 is 1.88 bits per heavy atom. The second kappa shape index (κ2) is 6.10. The maximum atomic E-state index is 12.2. The van der Waals surface area contributed by atoms with Crippen LogP contribution in [0.4, 0.5) is 5.69 Å². The third kappa shape index (κ3) is 3.47. The largest absolute Gasteiger partial charge is 0.464 e. The lowest BCUT2D eigenvalue weighted by Crippen LogP contribution is -2.15. The van der Waals surface area contributed by atoms with E-state index in [1.54, 1.807) is 6.26 Å². The first-order chi connectivity index (χ1) is 11.3. The molecule has 0 fully saturated rings. The molecule has 6 nitrogen and oxygen atoms in total. The van der Waals surface area contributed by atoms with Crippen LogP contribution in [-0.2, 0) is 21.2 Å². The van der Waals surface area contributed by atoms with Crippen molar-refractivity contribution in [2.75, 3.05) is 5.32 Å². The molecule has 0 unspecified atom stereocenters. The number of fused-ring (bicyclic) bond motifs is 1. The van der Waals surface area contributed by atoms with Gasteiger partial charge in [0.1, 0.15) is 5.58 Å². The van der Waals surface area contributed by atoms with Gasteiger partial charge in [0, 0.05) is 16.6 Å². The Hall–Kier alpha value is -2.64. The van der Waals surface area contributed by atoms with E-state index in [0.29, 0.717) is 5.69 Å². The van der Waals surface area contributed by atoms with E-state index in [1.165, 1.54) is 24.3 Å². The fourth-order valence-electron chi connectivity index (χ4n) is 2.44. The van der Waals surface area contributed by atoms with Crippen molar-refractivity contribution in [2.24, 2.45) is 5.14 Å². The molecule has 1 aromatic heterocycles. The molecule has 1 amide bonds. The Kier molecular flexibility index (Phi) is 4.13. The van der Waals surface area contributed by atoms with E-state index in [4.69, 9.17) is 9.56 Å². The fraction of sp³-hybridized carbons (Fsp3) is 0.118. The fourth-order valence-corrected chi connectivity index (χ4v) is 2.95. The average Bonchev–Trinajstić information content (AvgIpc) is 2.89. The number of aryl methyl sites for hydroxylation is 1. The van der Waals surface area contributed by atoms with E-state index in [-0.39, 0.29) is 17.2 Å². The van der Waals surface area contributed by atoms with E-state index < -0.39 is 10.0 Å². The van der Waals surface area contributed by atoms with Crippen LogP contribution in [0.3, 0.4) is 0 Å². The lowest BCUT2D eigenvalue weighted by molar-refractivity contribution is -0.115. The van der Waals surface area contributed by atoms with Crippen molar-refractivity contribution in [1.82, 2.24) is 0 Å². The molecule has 0 aliphatic rings. The first-order valence-electron chi connectivity index (χ1n) is 7.22. The van der Waals surface area contributed by atoms with Gasteiger partial charge in [-0.05, 0) is 43.3 Å². The highest BCUT2D eigenvalue weighted by atomic mass is 32.2. The highest BCUT2D eigenvalue weighted by molar-refractivity contribution is 7.89. The van der Waals surface area contributed by atoms with Crippen LogP contribution >= 0.6 is 0 Å². The highest BCUT2D eigenvalue weighted by Gasteiger charge is 2.12. The number of carbonyl (C=O) groups excluding carboxylic acids is 1. The number of nitrogens with two attached hydrogens (primary N) is 1. The minimum atomic E-state index is -3.74. The minimum absolute atomic E-state index is 0.00296. The van der Waals surface area contributed by atoms with Gasteiger partial charge in [-0.2, -0.15) is 0 Å². The molecule has 7 heteroatoms. The maximum absolute atomic E-state index is 12.2. The zero-order chi connectivity index (χ0) is 17.3. The molecule has 0 saturated carbocycles. The molecule has 0 spiro atoms. The predicted octanol–water partition coefficient (Wildman–Crippen LogP) is 2.57. The van der Waals surface area contributed by atoms with Crippen molar-refractivity contribution in [3.8, 4) is 0 Å². The topological polar surface area (TPSA) is 102 Å². The van der Waals surface area contributed by atoms with Crippen LogP contribution in [0.1, 0.15) is 11.1 Å². The van der Waals surface area contributed by atoms with Crippen LogP contribution in [0.5, 0.6) is 0 Å². The molecule has 0 aliphatic carbocycles. The van der Waals surface area contributed by atoms with Gasteiger partial charge in [-0.1, -0.05) is 11.6 Å². The van der Waals surface area contributed by atoms with Gasteiger partial charge in [0.2, 0.25) is 15.9 Å². The quantitative estimate of drug-likeness (QED) is 0.759. The van der Waals surface area contributed by atoms with Crippen LogP contribution in [0, 0.1) is 6.92 Å². The van der Waals surface area contributed by atoms with Gasteiger partial charge < -0.3 is 9.73 Å². The van der Waals surface area contributed by atoms with Crippen molar-refractivity contribution in [1.29, 1.82) is 0 Å². The van der Waals surface area contributed by atoms with Gasteiger partial charge in [-0.3, -0.25) is 4.79 Å². The number of hydrogen-bond acceptors (Lipinski definition) is 4. The summed E-state index contributed by atoms with van der Waals surface area (Å²) in [6.07, 6.45) is 1.74. The summed E-state index contributed by atoms with van der Waals surface area (Å²) in [5, 5.41) is 8.67. The van der Waals surface area contributed by atoms with Crippen molar-refractivity contribution >= 4 is 32.6 Å². The summed E-state index contributed by atoms with van der Waals surface area (Å²) >= 11 is 0. The summed E-state index contributed by atoms with van der Waals surface area (Å²) < 4.78 is 27.9. The molecule has 1 heterocycles. The number of furan rings is 1. The average molecular weight is 344 g/mol. The Bertz CT molecular complexity index is 1000. The van der Waals surface area contributed by atoms with Crippen molar-refractivity contribution < 1.29 is 17.6 Å². The number of primary sulfonamides is 1. The normalized spacial score (nSPS) is 11.6. The molecule has 3 N–H and O–H groups in total. The number of rotatable bonds is 4. The molecular formula is C17H16N2O4S. The number of anilines is 1. The molecule has 3 aromatic rings. The molecule has 124 valence electrons.